The standard InChI is InChI=1S/C8H11N2O2/c1-5-6(11-2)4-7(12-3)10-8(5)9/h4H,1H2,2-3H3,(H2,9,10). The highest BCUT2D eigenvalue weighted by atomic mass is 16.5. The molecule has 0 saturated heterocycles. The summed E-state index contributed by atoms with van der Waals surface area (Å²) < 4.78 is 9.90. The molecule has 0 spiro atoms. The van der Waals surface area contributed by atoms with Gasteiger partial charge >= 0.3 is 0 Å². The Balaban J connectivity index is 3.19. The minimum atomic E-state index is 0.325. The summed E-state index contributed by atoms with van der Waals surface area (Å²) in [5.41, 5.74) is 6.12. The van der Waals surface area contributed by atoms with E-state index in [1.54, 1.807) is 13.2 Å². The van der Waals surface area contributed by atoms with Crippen molar-refractivity contribution in [1.29, 1.82) is 0 Å². The van der Waals surface area contributed by atoms with Gasteiger partial charge in [0.15, 0.2) is 0 Å². The van der Waals surface area contributed by atoms with Crippen molar-refractivity contribution in [2.45, 2.75) is 0 Å². The molecule has 4 nitrogen and oxygen atoms in total. The molecule has 0 atom stereocenters. The zero-order valence-electron chi connectivity index (χ0n) is 7.13. The van der Waals surface area contributed by atoms with Gasteiger partial charge in [-0.2, -0.15) is 4.98 Å². The first-order valence-electron chi connectivity index (χ1n) is 3.39. The number of rotatable bonds is 2. The van der Waals surface area contributed by atoms with E-state index in [9.17, 15) is 0 Å². The number of pyridine rings is 1. The van der Waals surface area contributed by atoms with Crippen LogP contribution in [0.5, 0.6) is 11.6 Å². The molecule has 12 heavy (non-hydrogen) atoms. The fourth-order valence-electron chi connectivity index (χ4n) is 0.831. The van der Waals surface area contributed by atoms with Crippen molar-refractivity contribution in [3.8, 4) is 11.6 Å². The molecule has 0 unspecified atom stereocenters. The Morgan fingerprint density at radius 2 is 2.08 bits per heavy atom. The number of nitrogens with two attached hydrogens (primary N) is 1. The molecule has 1 aromatic heterocycles. The van der Waals surface area contributed by atoms with Crippen molar-refractivity contribution in [3.63, 3.8) is 0 Å². The summed E-state index contributed by atoms with van der Waals surface area (Å²) in [7, 11) is 3.06. The highest BCUT2D eigenvalue weighted by Gasteiger charge is 2.06. The van der Waals surface area contributed by atoms with Crippen molar-refractivity contribution in [1.82, 2.24) is 4.98 Å². The molecule has 0 aliphatic heterocycles. The van der Waals surface area contributed by atoms with Crippen molar-refractivity contribution in [3.05, 3.63) is 18.6 Å². The van der Waals surface area contributed by atoms with Crippen LogP contribution < -0.4 is 15.2 Å². The van der Waals surface area contributed by atoms with Gasteiger partial charge in [-0.05, 0) is 6.92 Å². The quantitative estimate of drug-likeness (QED) is 0.709. The number of nitrogen functional groups attached to an aromatic ring is 1. The third kappa shape index (κ3) is 1.42. The van der Waals surface area contributed by atoms with E-state index in [-0.39, 0.29) is 0 Å². The number of hydrogen-bond acceptors (Lipinski definition) is 4. The second kappa shape index (κ2) is 3.30. The van der Waals surface area contributed by atoms with Crippen LogP contribution in [0.3, 0.4) is 0 Å². The Bertz CT molecular complexity index is 287. The average Bonchev–Trinajstić information content (AvgIpc) is 2.09. The van der Waals surface area contributed by atoms with Crippen LogP contribution in [-0.2, 0) is 0 Å². The second-order valence-electron chi connectivity index (χ2n) is 2.23. The zero-order valence-corrected chi connectivity index (χ0v) is 7.13. The van der Waals surface area contributed by atoms with Gasteiger partial charge in [0.2, 0.25) is 5.88 Å². The molecule has 4 heteroatoms. The Morgan fingerprint density at radius 1 is 1.42 bits per heavy atom. The maximum Gasteiger partial charge on any atom is 0.218 e. The molecule has 1 heterocycles. The van der Waals surface area contributed by atoms with Crippen LogP contribution >= 0.6 is 0 Å². The first-order valence-corrected chi connectivity index (χ1v) is 3.39. The molecule has 0 bridgehead atoms. The van der Waals surface area contributed by atoms with Gasteiger partial charge < -0.3 is 15.2 Å². The first-order chi connectivity index (χ1) is 5.69. The summed E-state index contributed by atoms with van der Waals surface area (Å²) in [6.45, 7) is 3.70. The largest absolute Gasteiger partial charge is 0.496 e. The first kappa shape index (κ1) is 8.64. The molecule has 0 aromatic carbocycles. The summed E-state index contributed by atoms with van der Waals surface area (Å²) in [6, 6.07) is 1.64. The van der Waals surface area contributed by atoms with Gasteiger partial charge in [0.05, 0.1) is 14.2 Å². The van der Waals surface area contributed by atoms with Gasteiger partial charge in [0.1, 0.15) is 11.6 Å². The topological polar surface area (TPSA) is 57.4 Å². The van der Waals surface area contributed by atoms with E-state index in [2.05, 4.69) is 11.9 Å². The predicted octanol–water partition coefficient (Wildman–Crippen LogP) is 0.863. The maximum atomic E-state index is 5.54. The van der Waals surface area contributed by atoms with Crippen LogP contribution in [-0.4, -0.2) is 19.2 Å². The summed E-state index contributed by atoms with van der Waals surface area (Å²) in [6.07, 6.45) is 0. The summed E-state index contributed by atoms with van der Waals surface area (Å²) >= 11 is 0. The Labute approximate surface area is 71.3 Å². The van der Waals surface area contributed by atoms with Gasteiger partial charge in [-0.25, -0.2) is 0 Å². The number of aromatic nitrogens is 1. The fraction of sp³-hybridized carbons (Fsp3) is 0.250. The van der Waals surface area contributed by atoms with Crippen molar-refractivity contribution in [2.24, 2.45) is 0 Å². The fourth-order valence-corrected chi connectivity index (χ4v) is 0.831. The minimum absolute atomic E-state index is 0.325. The molecule has 0 amide bonds. The predicted molar refractivity (Wildman–Crippen MR) is 46.2 cm³/mol. The molecule has 0 aliphatic rings. The SMILES string of the molecule is [CH2]c1c(OC)cc(OC)nc1N. The van der Waals surface area contributed by atoms with Crippen molar-refractivity contribution < 1.29 is 9.47 Å². The number of hydrogen-bond donors (Lipinski definition) is 1. The monoisotopic (exact) mass is 167 g/mol. The molecule has 2 N–H and O–H groups in total. The lowest BCUT2D eigenvalue weighted by Gasteiger charge is -2.08. The molecular formula is C8H11N2O2. The van der Waals surface area contributed by atoms with Crippen molar-refractivity contribution >= 4 is 5.82 Å². The molecular weight excluding hydrogens is 156 g/mol. The molecule has 0 fully saturated rings. The van der Waals surface area contributed by atoms with Crippen LogP contribution in [0.25, 0.3) is 0 Å². The molecule has 1 rings (SSSR count). The Morgan fingerprint density at radius 3 is 2.58 bits per heavy atom. The van der Waals surface area contributed by atoms with Crippen LogP contribution in [0, 0.1) is 6.92 Å². The van der Waals surface area contributed by atoms with Crippen LogP contribution in [0.15, 0.2) is 6.07 Å². The van der Waals surface area contributed by atoms with E-state index < -0.39 is 0 Å². The van der Waals surface area contributed by atoms with Gasteiger partial charge in [-0.15, -0.1) is 0 Å². The Hall–Kier alpha value is -1.45. The molecule has 0 aliphatic carbocycles. The van der Waals surface area contributed by atoms with E-state index in [1.807, 2.05) is 0 Å². The van der Waals surface area contributed by atoms with Gasteiger partial charge in [0, 0.05) is 11.6 Å². The van der Waals surface area contributed by atoms with Gasteiger partial charge in [-0.3, -0.25) is 0 Å². The van der Waals surface area contributed by atoms with Gasteiger partial charge in [0.25, 0.3) is 0 Å². The molecule has 1 radical (unpaired) electrons. The summed E-state index contributed by atoms with van der Waals surface area (Å²) in [4.78, 5) is 3.91. The molecule has 0 saturated carbocycles. The highest BCUT2D eigenvalue weighted by molar-refractivity contribution is 5.53. The lowest BCUT2D eigenvalue weighted by atomic mass is 10.2. The van der Waals surface area contributed by atoms with Crippen molar-refractivity contribution in [2.75, 3.05) is 20.0 Å². The number of nitrogens with zero attached hydrogens (tertiary/aromatic N) is 1. The lowest BCUT2D eigenvalue weighted by Crippen LogP contribution is -1.99. The minimum Gasteiger partial charge on any atom is -0.496 e. The van der Waals surface area contributed by atoms with E-state index in [1.165, 1.54) is 7.11 Å². The van der Waals surface area contributed by atoms with Crippen LogP contribution in [0.1, 0.15) is 5.56 Å². The van der Waals surface area contributed by atoms with E-state index in [0.29, 0.717) is 23.0 Å². The number of anilines is 1. The van der Waals surface area contributed by atoms with E-state index in [4.69, 9.17) is 15.2 Å². The number of methoxy groups -OCH3 is 2. The second-order valence-corrected chi connectivity index (χ2v) is 2.23. The third-order valence-corrected chi connectivity index (χ3v) is 1.52. The van der Waals surface area contributed by atoms with Crippen LogP contribution in [0.4, 0.5) is 5.82 Å². The van der Waals surface area contributed by atoms with E-state index >= 15 is 0 Å². The Kier molecular flexibility index (Phi) is 2.38. The van der Waals surface area contributed by atoms with E-state index in [0.717, 1.165) is 0 Å². The molecule has 1 aromatic rings. The highest BCUT2D eigenvalue weighted by Crippen LogP contribution is 2.25. The smallest absolute Gasteiger partial charge is 0.218 e. The summed E-state index contributed by atoms with van der Waals surface area (Å²) in [5.74, 6) is 1.34. The average molecular weight is 167 g/mol. The lowest BCUT2D eigenvalue weighted by molar-refractivity contribution is 0.382. The third-order valence-electron chi connectivity index (χ3n) is 1.52. The molecule has 65 valence electrons. The van der Waals surface area contributed by atoms with Crippen LogP contribution in [0.2, 0.25) is 0 Å². The normalized spacial score (nSPS) is 9.58. The zero-order chi connectivity index (χ0) is 9.14. The maximum absolute atomic E-state index is 5.54. The number of ether oxygens (including phenoxy) is 2. The summed E-state index contributed by atoms with van der Waals surface area (Å²) in [5, 5.41) is 0. The van der Waals surface area contributed by atoms with Gasteiger partial charge in [-0.1, -0.05) is 0 Å².